The van der Waals surface area contributed by atoms with Crippen molar-refractivity contribution in [3.63, 3.8) is 0 Å². The molecular formula is C13H17NO4. The minimum Gasteiger partial charge on any atom is -0.496 e. The molecule has 1 aliphatic rings. The van der Waals surface area contributed by atoms with Crippen molar-refractivity contribution in [2.24, 2.45) is 0 Å². The van der Waals surface area contributed by atoms with Crippen LogP contribution in [0.25, 0.3) is 0 Å². The van der Waals surface area contributed by atoms with Crippen LogP contribution in [0.5, 0.6) is 5.75 Å². The third-order valence-electron chi connectivity index (χ3n) is 2.93. The van der Waals surface area contributed by atoms with Crippen molar-refractivity contribution in [2.45, 2.75) is 6.10 Å². The van der Waals surface area contributed by atoms with Crippen molar-refractivity contribution >= 4 is 5.97 Å². The smallest absolute Gasteiger partial charge is 0.341 e. The van der Waals surface area contributed by atoms with Crippen LogP contribution in [-0.2, 0) is 9.47 Å². The Bertz CT molecular complexity index is 427. The van der Waals surface area contributed by atoms with Crippen LogP contribution in [0.2, 0.25) is 0 Å². The quantitative estimate of drug-likeness (QED) is 0.816. The van der Waals surface area contributed by atoms with E-state index in [0.717, 1.165) is 18.7 Å². The molecule has 1 aromatic carbocycles. The lowest BCUT2D eigenvalue weighted by molar-refractivity contribution is 0.0275. The Morgan fingerprint density at radius 2 is 2.28 bits per heavy atom. The fraction of sp³-hybridized carbons (Fsp3) is 0.462. The number of rotatable bonds is 3. The lowest BCUT2D eigenvalue weighted by atomic mass is 10.0. The summed E-state index contributed by atoms with van der Waals surface area (Å²) >= 11 is 0. The van der Waals surface area contributed by atoms with Gasteiger partial charge in [-0.3, -0.25) is 0 Å². The lowest BCUT2D eigenvalue weighted by Gasteiger charge is -2.24. The molecule has 1 fully saturated rings. The second kappa shape index (κ2) is 5.84. The summed E-state index contributed by atoms with van der Waals surface area (Å²) in [6.07, 6.45) is -0.000605. The molecule has 5 nitrogen and oxygen atoms in total. The first-order valence-corrected chi connectivity index (χ1v) is 5.85. The summed E-state index contributed by atoms with van der Waals surface area (Å²) in [5.41, 5.74) is 1.42. The van der Waals surface area contributed by atoms with Gasteiger partial charge in [0, 0.05) is 13.1 Å². The Morgan fingerprint density at radius 3 is 2.89 bits per heavy atom. The number of carbonyl (C=O) groups excluding carboxylic acids is 1. The Labute approximate surface area is 106 Å². The van der Waals surface area contributed by atoms with Crippen LogP contribution in [-0.4, -0.2) is 39.9 Å². The van der Waals surface area contributed by atoms with Gasteiger partial charge >= 0.3 is 5.97 Å². The molecule has 1 aliphatic heterocycles. The fourth-order valence-electron chi connectivity index (χ4n) is 1.97. The summed E-state index contributed by atoms with van der Waals surface area (Å²) in [6, 6.07) is 5.40. The van der Waals surface area contributed by atoms with Crippen LogP contribution in [0.15, 0.2) is 18.2 Å². The van der Waals surface area contributed by atoms with Gasteiger partial charge in [0.15, 0.2) is 0 Å². The molecule has 2 rings (SSSR count). The van der Waals surface area contributed by atoms with E-state index in [9.17, 15) is 4.79 Å². The van der Waals surface area contributed by atoms with E-state index in [1.807, 2.05) is 12.1 Å². The fourth-order valence-corrected chi connectivity index (χ4v) is 1.97. The number of nitrogens with one attached hydrogen (secondary N) is 1. The zero-order valence-corrected chi connectivity index (χ0v) is 10.6. The molecule has 1 N–H and O–H groups in total. The Hall–Kier alpha value is -1.59. The molecular weight excluding hydrogens is 234 g/mol. The number of methoxy groups -OCH3 is 2. The van der Waals surface area contributed by atoms with Gasteiger partial charge in [-0.2, -0.15) is 0 Å². The lowest BCUT2D eigenvalue weighted by Crippen LogP contribution is -2.33. The highest BCUT2D eigenvalue weighted by molar-refractivity contribution is 5.92. The topological polar surface area (TPSA) is 56.8 Å². The van der Waals surface area contributed by atoms with Gasteiger partial charge in [-0.05, 0) is 17.7 Å². The molecule has 1 aromatic rings. The van der Waals surface area contributed by atoms with Crippen molar-refractivity contribution < 1.29 is 19.0 Å². The van der Waals surface area contributed by atoms with Crippen LogP contribution in [0.3, 0.4) is 0 Å². The van der Waals surface area contributed by atoms with E-state index in [0.29, 0.717) is 17.9 Å². The monoisotopic (exact) mass is 251 g/mol. The van der Waals surface area contributed by atoms with E-state index in [1.54, 1.807) is 6.07 Å². The SMILES string of the molecule is COC(=O)c1ccc(C2CNCCO2)cc1OC. The molecule has 1 heterocycles. The molecule has 1 unspecified atom stereocenters. The Kier molecular flexibility index (Phi) is 4.17. The van der Waals surface area contributed by atoms with Crippen molar-refractivity contribution in [3.05, 3.63) is 29.3 Å². The van der Waals surface area contributed by atoms with Gasteiger partial charge in [-0.15, -0.1) is 0 Å². The van der Waals surface area contributed by atoms with E-state index in [2.05, 4.69) is 5.32 Å². The van der Waals surface area contributed by atoms with Gasteiger partial charge < -0.3 is 19.5 Å². The largest absolute Gasteiger partial charge is 0.496 e. The van der Waals surface area contributed by atoms with Gasteiger partial charge in [0.1, 0.15) is 11.3 Å². The number of benzene rings is 1. The molecule has 1 atom stereocenters. The Morgan fingerprint density at radius 1 is 1.44 bits per heavy atom. The summed E-state index contributed by atoms with van der Waals surface area (Å²) in [4.78, 5) is 11.5. The van der Waals surface area contributed by atoms with Gasteiger partial charge in [0.05, 0.1) is 26.9 Å². The van der Waals surface area contributed by atoms with Gasteiger partial charge in [0.25, 0.3) is 0 Å². The van der Waals surface area contributed by atoms with Crippen LogP contribution in [0, 0.1) is 0 Å². The van der Waals surface area contributed by atoms with Gasteiger partial charge in [-0.25, -0.2) is 4.79 Å². The van der Waals surface area contributed by atoms with Gasteiger partial charge in [0.2, 0.25) is 0 Å². The standard InChI is InChI=1S/C13H17NO4/c1-16-11-7-9(12-8-14-5-6-18-12)3-4-10(11)13(15)17-2/h3-4,7,12,14H,5-6,8H2,1-2H3. The van der Waals surface area contributed by atoms with Crippen molar-refractivity contribution in [1.29, 1.82) is 0 Å². The molecule has 0 radical (unpaired) electrons. The zero-order valence-electron chi connectivity index (χ0n) is 10.6. The average molecular weight is 251 g/mol. The second-order valence-corrected chi connectivity index (χ2v) is 4.01. The highest BCUT2D eigenvalue weighted by Gasteiger charge is 2.19. The summed E-state index contributed by atoms with van der Waals surface area (Å²) < 4.78 is 15.6. The van der Waals surface area contributed by atoms with Crippen molar-refractivity contribution in [2.75, 3.05) is 33.9 Å². The van der Waals surface area contributed by atoms with E-state index < -0.39 is 5.97 Å². The molecule has 0 spiro atoms. The summed E-state index contributed by atoms with van der Waals surface area (Å²) in [5, 5.41) is 3.26. The first kappa shape index (κ1) is 12.9. The molecule has 0 aromatic heterocycles. The van der Waals surface area contributed by atoms with Crippen LogP contribution < -0.4 is 10.1 Å². The predicted molar refractivity (Wildman–Crippen MR) is 65.9 cm³/mol. The molecule has 0 saturated carbocycles. The third kappa shape index (κ3) is 2.63. The van der Waals surface area contributed by atoms with Crippen LogP contribution in [0.4, 0.5) is 0 Å². The predicted octanol–water partition coefficient (Wildman–Crippen LogP) is 1.14. The highest BCUT2D eigenvalue weighted by Crippen LogP contribution is 2.26. The number of carbonyl (C=O) groups is 1. The maximum atomic E-state index is 11.5. The van der Waals surface area contributed by atoms with Crippen molar-refractivity contribution in [3.8, 4) is 5.75 Å². The number of hydrogen-bond acceptors (Lipinski definition) is 5. The number of morpholine rings is 1. The minimum atomic E-state index is -0.402. The number of esters is 1. The molecule has 0 bridgehead atoms. The van der Waals surface area contributed by atoms with Crippen LogP contribution in [0.1, 0.15) is 22.0 Å². The summed E-state index contributed by atoms with van der Waals surface area (Å²) in [6.45, 7) is 2.32. The summed E-state index contributed by atoms with van der Waals surface area (Å²) in [7, 11) is 2.88. The molecule has 5 heteroatoms. The first-order chi connectivity index (χ1) is 8.76. The third-order valence-corrected chi connectivity index (χ3v) is 2.93. The van der Waals surface area contributed by atoms with Gasteiger partial charge in [-0.1, -0.05) is 6.07 Å². The molecule has 1 saturated heterocycles. The summed E-state index contributed by atoms with van der Waals surface area (Å²) in [5.74, 6) is 0.106. The molecule has 98 valence electrons. The van der Waals surface area contributed by atoms with E-state index in [-0.39, 0.29) is 6.10 Å². The average Bonchev–Trinajstić information content (AvgIpc) is 2.46. The first-order valence-electron chi connectivity index (χ1n) is 5.85. The minimum absolute atomic E-state index is 0.000605. The van der Waals surface area contributed by atoms with Crippen LogP contribution >= 0.6 is 0 Å². The Balaban J connectivity index is 2.26. The maximum Gasteiger partial charge on any atom is 0.341 e. The normalized spacial score (nSPS) is 19.3. The van der Waals surface area contributed by atoms with E-state index in [4.69, 9.17) is 14.2 Å². The highest BCUT2D eigenvalue weighted by atomic mass is 16.5. The molecule has 0 amide bonds. The van der Waals surface area contributed by atoms with E-state index in [1.165, 1.54) is 14.2 Å². The number of hydrogen-bond donors (Lipinski definition) is 1. The zero-order chi connectivity index (χ0) is 13.0. The maximum absolute atomic E-state index is 11.5. The molecule has 0 aliphatic carbocycles. The molecule has 18 heavy (non-hydrogen) atoms. The second-order valence-electron chi connectivity index (χ2n) is 4.01. The number of ether oxygens (including phenoxy) is 3. The van der Waals surface area contributed by atoms with Crippen molar-refractivity contribution in [1.82, 2.24) is 5.32 Å². The van der Waals surface area contributed by atoms with E-state index >= 15 is 0 Å².